The Morgan fingerprint density at radius 1 is 1.86 bits per heavy atom. The van der Waals surface area contributed by atoms with Gasteiger partial charge < -0.3 is 4.74 Å². The average Bonchev–Trinajstić information content (AvgIpc) is 1.87. The van der Waals surface area contributed by atoms with Crippen molar-refractivity contribution in [3.63, 3.8) is 0 Å². The van der Waals surface area contributed by atoms with E-state index in [2.05, 4.69) is 0 Å². The van der Waals surface area contributed by atoms with Crippen LogP contribution in [0.3, 0.4) is 0 Å². The first-order chi connectivity index (χ1) is 3.29. The molecule has 40 valence electrons. The minimum absolute atomic E-state index is 0.174. The van der Waals surface area contributed by atoms with Crippen molar-refractivity contribution in [1.82, 2.24) is 0 Å². The Labute approximate surface area is 42.5 Å². The fraction of sp³-hybridized carbons (Fsp3) is 0.800. The van der Waals surface area contributed by atoms with E-state index in [0.717, 1.165) is 0 Å². The van der Waals surface area contributed by atoms with Crippen LogP contribution in [0.1, 0.15) is 13.3 Å². The molecule has 1 fully saturated rings. The first kappa shape index (κ1) is 4.78. The Bertz CT molecular complexity index is 88.1. The van der Waals surface area contributed by atoms with Crippen molar-refractivity contribution in [3.05, 3.63) is 0 Å². The van der Waals surface area contributed by atoms with Gasteiger partial charge in [-0.3, -0.25) is 4.79 Å². The smallest absolute Gasteiger partial charge is 0.161 e. The van der Waals surface area contributed by atoms with Crippen molar-refractivity contribution in [3.8, 4) is 0 Å². The number of rotatable bonds is 0. The maximum atomic E-state index is 10.3. The molecule has 0 saturated carbocycles. The van der Waals surface area contributed by atoms with Gasteiger partial charge in [-0.1, -0.05) is 0 Å². The molecule has 0 aromatic heterocycles. The van der Waals surface area contributed by atoms with Gasteiger partial charge in [0.1, 0.15) is 6.61 Å². The number of ether oxygens (including phenoxy) is 1. The van der Waals surface area contributed by atoms with Crippen molar-refractivity contribution in [1.29, 1.82) is 0 Å². The lowest BCUT2D eigenvalue weighted by Crippen LogP contribution is -1.95. The zero-order valence-corrected chi connectivity index (χ0v) is 4.31. The van der Waals surface area contributed by atoms with Gasteiger partial charge in [0.15, 0.2) is 5.78 Å². The molecule has 0 amide bonds. The van der Waals surface area contributed by atoms with Crippen molar-refractivity contribution < 1.29 is 9.53 Å². The minimum atomic E-state index is 0.174. The van der Waals surface area contributed by atoms with Crippen molar-refractivity contribution in [2.75, 3.05) is 6.61 Å². The molecular weight excluding hydrogens is 92.1 g/mol. The highest BCUT2D eigenvalue weighted by molar-refractivity contribution is 5.81. The third-order valence-corrected chi connectivity index (χ3v) is 1.04. The van der Waals surface area contributed by atoms with E-state index < -0.39 is 0 Å². The van der Waals surface area contributed by atoms with E-state index in [-0.39, 0.29) is 11.9 Å². The van der Waals surface area contributed by atoms with Crippen molar-refractivity contribution in [2.24, 2.45) is 0 Å². The summed E-state index contributed by atoms with van der Waals surface area (Å²) in [7, 11) is 0. The largest absolute Gasteiger partial charge is 0.370 e. The molecule has 0 spiro atoms. The number of carbonyl (C=O) groups is 1. The van der Waals surface area contributed by atoms with Crippen LogP contribution in [0.2, 0.25) is 0 Å². The molecule has 0 aromatic rings. The second kappa shape index (κ2) is 1.62. The highest BCUT2D eigenvalue weighted by Crippen LogP contribution is 2.05. The first-order valence-electron chi connectivity index (χ1n) is 2.42. The zero-order chi connectivity index (χ0) is 5.28. The SMILES string of the molecule is C[C@@H]1CC(=O)CO1. The highest BCUT2D eigenvalue weighted by Gasteiger charge is 2.17. The second-order valence-corrected chi connectivity index (χ2v) is 1.86. The number of ketones is 1. The molecule has 0 N–H and O–H groups in total. The molecule has 1 heterocycles. The van der Waals surface area contributed by atoms with Crippen LogP contribution >= 0.6 is 0 Å². The van der Waals surface area contributed by atoms with Crippen LogP contribution < -0.4 is 0 Å². The van der Waals surface area contributed by atoms with Gasteiger partial charge in [-0.15, -0.1) is 0 Å². The molecule has 7 heavy (non-hydrogen) atoms. The maximum Gasteiger partial charge on any atom is 0.161 e. The van der Waals surface area contributed by atoms with Gasteiger partial charge in [-0.05, 0) is 6.92 Å². The van der Waals surface area contributed by atoms with Crippen molar-refractivity contribution >= 4 is 5.78 Å². The van der Waals surface area contributed by atoms with Gasteiger partial charge in [0, 0.05) is 6.42 Å². The summed E-state index contributed by atoms with van der Waals surface area (Å²) < 4.78 is 4.92. The summed E-state index contributed by atoms with van der Waals surface area (Å²) >= 11 is 0. The lowest BCUT2D eigenvalue weighted by atomic mass is 10.2. The molecular formula is C5H8O2. The molecule has 1 rings (SSSR count). The lowest BCUT2D eigenvalue weighted by molar-refractivity contribution is -0.117. The molecule has 1 saturated heterocycles. The Morgan fingerprint density at radius 3 is 2.71 bits per heavy atom. The molecule has 0 aromatic carbocycles. The first-order valence-corrected chi connectivity index (χ1v) is 2.42. The highest BCUT2D eigenvalue weighted by atomic mass is 16.5. The van der Waals surface area contributed by atoms with Gasteiger partial charge in [0.2, 0.25) is 0 Å². The summed E-state index contributed by atoms with van der Waals surface area (Å²) in [4.78, 5) is 10.3. The second-order valence-electron chi connectivity index (χ2n) is 1.86. The predicted molar refractivity (Wildman–Crippen MR) is 25.0 cm³/mol. The molecule has 1 atom stereocenters. The monoisotopic (exact) mass is 100 g/mol. The predicted octanol–water partition coefficient (Wildman–Crippen LogP) is 0.364. The number of hydrogen-bond donors (Lipinski definition) is 0. The van der Waals surface area contributed by atoms with Crippen LogP contribution in [0.15, 0.2) is 0 Å². The minimum Gasteiger partial charge on any atom is -0.370 e. The molecule has 0 aliphatic carbocycles. The van der Waals surface area contributed by atoms with E-state index in [1.165, 1.54) is 0 Å². The standard InChI is InChI=1S/C5H8O2/c1-4-2-5(6)3-7-4/h4H,2-3H2,1H3/t4-/m1/s1. The third-order valence-electron chi connectivity index (χ3n) is 1.04. The fourth-order valence-electron chi connectivity index (χ4n) is 0.674. The summed E-state index contributed by atoms with van der Waals surface area (Å²) in [5.41, 5.74) is 0. The molecule has 0 unspecified atom stereocenters. The maximum absolute atomic E-state index is 10.3. The summed E-state index contributed by atoms with van der Waals surface area (Å²) in [5.74, 6) is 0.229. The molecule has 2 nitrogen and oxygen atoms in total. The summed E-state index contributed by atoms with van der Waals surface area (Å²) in [5, 5.41) is 0. The Balaban J connectivity index is 2.40. The molecule has 1 aliphatic rings. The van der Waals surface area contributed by atoms with Crippen LogP contribution in [-0.4, -0.2) is 18.5 Å². The summed E-state index contributed by atoms with van der Waals surface area (Å²) in [6.07, 6.45) is 0.785. The van der Waals surface area contributed by atoms with E-state index in [9.17, 15) is 4.79 Å². The van der Waals surface area contributed by atoms with Crippen LogP contribution in [-0.2, 0) is 9.53 Å². The topological polar surface area (TPSA) is 26.3 Å². The quantitative estimate of drug-likeness (QED) is 0.439. The third kappa shape index (κ3) is 0.996. The number of hydrogen-bond acceptors (Lipinski definition) is 2. The molecule has 1 aliphatic heterocycles. The van der Waals surface area contributed by atoms with E-state index >= 15 is 0 Å². The fourth-order valence-corrected chi connectivity index (χ4v) is 0.674. The van der Waals surface area contributed by atoms with E-state index in [4.69, 9.17) is 4.74 Å². The Hall–Kier alpha value is -0.370. The van der Waals surface area contributed by atoms with Gasteiger partial charge in [-0.25, -0.2) is 0 Å². The normalized spacial score (nSPS) is 31.6. The number of Topliss-reactive ketones (excluding diaryl/α,β-unsaturated/α-hetero) is 1. The van der Waals surface area contributed by atoms with Crippen molar-refractivity contribution in [2.45, 2.75) is 19.4 Å². The molecule has 0 radical (unpaired) electrons. The van der Waals surface area contributed by atoms with Gasteiger partial charge in [0.05, 0.1) is 6.10 Å². The van der Waals surface area contributed by atoms with Gasteiger partial charge in [-0.2, -0.15) is 0 Å². The summed E-state index contributed by atoms with van der Waals surface area (Å²) in [6.45, 7) is 2.24. The van der Waals surface area contributed by atoms with E-state index in [1.54, 1.807) is 0 Å². The lowest BCUT2D eigenvalue weighted by Gasteiger charge is -1.92. The van der Waals surface area contributed by atoms with E-state index in [1.807, 2.05) is 6.92 Å². The van der Waals surface area contributed by atoms with E-state index in [0.29, 0.717) is 13.0 Å². The Morgan fingerprint density at radius 2 is 2.57 bits per heavy atom. The summed E-state index contributed by atoms with van der Waals surface area (Å²) in [6, 6.07) is 0. The number of carbonyl (C=O) groups excluding carboxylic acids is 1. The zero-order valence-electron chi connectivity index (χ0n) is 4.31. The van der Waals surface area contributed by atoms with Crippen LogP contribution in [0.4, 0.5) is 0 Å². The molecule has 2 heteroatoms. The Kier molecular flexibility index (Phi) is 1.11. The van der Waals surface area contributed by atoms with Gasteiger partial charge in [0.25, 0.3) is 0 Å². The van der Waals surface area contributed by atoms with Crippen LogP contribution in [0.25, 0.3) is 0 Å². The average molecular weight is 100 g/mol. The van der Waals surface area contributed by atoms with Gasteiger partial charge >= 0.3 is 0 Å². The molecule has 0 bridgehead atoms. The van der Waals surface area contributed by atoms with Crippen LogP contribution in [0, 0.1) is 0 Å². The van der Waals surface area contributed by atoms with Crippen LogP contribution in [0.5, 0.6) is 0 Å².